The Bertz CT molecular complexity index is 663. The molecule has 5 nitrogen and oxygen atoms in total. The number of aliphatic hydroxyl groups is 1. The summed E-state index contributed by atoms with van der Waals surface area (Å²) in [6.07, 6.45) is 0. The predicted molar refractivity (Wildman–Crippen MR) is 78.2 cm³/mol. The van der Waals surface area contributed by atoms with Crippen LogP contribution in [0.3, 0.4) is 0 Å². The number of rotatable bonds is 4. The van der Waals surface area contributed by atoms with E-state index in [4.69, 9.17) is 21.4 Å². The molecule has 0 aliphatic carbocycles. The van der Waals surface area contributed by atoms with Gasteiger partial charge in [0.1, 0.15) is 16.5 Å². The zero-order chi connectivity index (χ0) is 14.7. The average Bonchev–Trinajstić information content (AvgIpc) is 2.38. The van der Waals surface area contributed by atoms with Crippen LogP contribution < -0.4 is 4.74 Å². The Hall–Kier alpha value is -1.63. The molecule has 0 fully saturated rings. The van der Waals surface area contributed by atoms with E-state index >= 15 is 0 Å². The second-order valence-electron chi connectivity index (χ2n) is 3.88. The largest absolute Gasteiger partial charge is 0.457 e. The first kappa shape index (κ1) is 14.8. The zero-order valence-corrected chi connectivity index (χ0v) is 12.4. The van der Waals surface area contributed by atoms with Gasteiger partial charge in [-0.15, -0.1) is 0 Å². The SMILES string of the molecule is O=[N+]([O-])c1ccc(Oc2ccc(CO)c(Br)c2)cc1Cl. The van der Waals surface area contributed by atoms with Crippen LogP contribution in [0.5, 0.6) is 11.5 Å². The summed E-state index contributed by atoms with van der Waals surface area (Å²) >= 11 is 9.12. The van der Waals surface area contributed by atoms with E-state index in [1.165, 1.54) is 18.2 Å². The van der Waals surface area contributed by atoms with Crippen LogP contribution in [0.1, 0.15) is 5.56 Å². The van der Waals surface area contributed by atoms with Crippen LogP contribution in [-0.4, -0.2) is 10.0 Å². The van der Waals surface area contributed by atoms with Crippen molar-refractivity contribution in [2.45, 2.75) is 6.61 Å². The van der Waals surface area contributed by atoms with Gasteiger partial charge < -0.3 is 9.84 Å². The van der Waals surface area contributed by atoms with Gasteiger partial charge in [-0.25, -0.2) is 0 Å². The molecule has 0 spiro atoms. The summed E-state index contributed by atoms with van der Waals surface area (Å²) in [5.74, 6) is 0.920. The summed E-state index contributed by atoms with van der Waals surface area (Å²) in [6.45, 7) is -0.0791. The first-order valence-electron chi connectivity index (χ1n) is 5.52. The third-order valence-corrected chi connectivity index (χ3v) is 3.59. The van der Waals surface area contributed by atoms with Gasteiger partial charge in [-0.05, 0) is 23.8 Å². The maximum Gasteiger partial charge on any atom is 0.288 e. The Morgan fingerprint density at radius 2 is 1.90 bits per heavy atom. The van der Waals surface area contributed by atoms with Gasteiger partial charge in [0.15, 0.2) is 0 Å². The lowest BCUT2D eigenvalue weighted by Crippen LogP contribution is -1.91. The van der Waals surface area contributed by atoms with Crippen molar-refractivity contribution in [3.63, 3.8) is 0 Å². The summed E-state index contributed by atoms with van der Waals surface area (Å²) in [6, 6.07) is 9.24. The summed E-state index contributed by atoms with van der Waals surface area (Å²) in [4.78, 5) is 10.1. The summed E-state index contributed by atoms with van der Waals surface area (Å²) in [5, 5.41) is 19.7. The molecule has 2 rings (SSSR count). The minimum absolute atomic E-state index is 0.0125. The Labute approximate surface area is 128 Å². The molecule has 20 heavy (non-hydrogen) atoms. The van der Waals surface area contributed by atoms with Crippen molar-refractivity contribution >= 4 is 33.2 Å². The van der Waals surface area contributed by atoms with Crippen molar-refractivity contribution in [1.29, 1.82) is 0 Å². The molecule has 0 unspecified atom stereocenters. The minimum Gasteiger partial charge on any atom is -0.457 e. The fraction of sp³-hybridized carbons (Fsp3) is 0.0769. The van der Waals surface area contributed by atoms with Crippen LogP contribution >= 0.6 is 27.5 Å². The van der Waals surface area contributed by atoms with E-state index < -0.39 is 4.92 Å². The predicted octanol–water partition coefficient (Wildman–Crippen LogP) is 4.30. The molecule has 0 aromatic heterocycles. The Balaban J connectivity index is 2.24. The molecule has 2 aromatic rings. The molecular weight excluding hydrogens is 350 g/mol. The lowest BCUT2D eigenvalue weighted by atomic mass is 10.2. The van der Waals surface area contributed by atoms with Crippen molar-refractivity contribution in [2.75, 3.05) is 0 Å². The number of aliphatic hydroxyl groups excluding tert-OH is 1. The highest BCUT2D eigenvalue weighted by Gasteiger charge is 2.13. The first-order chi connectivity index (χ1) is 9.51. The third kappa shape index (κ3) is 3.27. The molecule has 0 heterocycles. The third-order valence-electron chi connectivity index (χ3n) is 2.55. The van der Waals surface area contributed by atoms with E-state index in [0.717, 1.165) is 5.56 Å². The molecule has 0 saturated heterocycles. The van der Waals surface area contributed by atoms with Crippen LogP contribution in [-0.2, 0) is 6.61 Å². The van der Waals surface area contributed by atoms with Gasteiger partial charge in [0.2, 0.25) is 0 Å². The quantitative estimate of drug-likeness (QED) is 0.653. The van der Waals surface area contributed by atoms with Crippen molar-refractivity contribution in [3.8, 4) is 11.5 Å². The second kappa shape index (κ2) is 6.21. The lowest BCUT2D eigenvalue weighted by molar-refractivity contribution is -0.384. The van der Waals surface area contributed by atoms with Gasteiger partial charge >= 0.3 is 0 Å². The Morgan fingerprint density at radius 1 is 1.25 bits per heavy atom. The van der Waals surface area contributed by atoms with Crippen LogP contribution in [0.25, 0.3) is 0 Å². The summed E-state index contributed by atoms with van der Waals surface area (Å²) in [7, 11) is 0. The van der Waals surface area contributed by atoms with E-state index in [-0.39, 0.29) is 17.3 Å². The average molecular weight is 359 g/mol. The van der Waals surface area contributed by atoms with Crippen molar-refractivity contribution < 1.29 is 14.8 Å². The highest BCUT2D eigenvalue weighted by Crippen LogP contribution is 2.32. The number of nitro groups is 1. The number of nitrogens with zero attached hydrogens (tertiary/aromatic N) is 1. The lowest BCUT2D eigenvalue weighted by Gasteiger charge is -2.08. The molecule has 2 aromatic carbocycles. The molecule has 0 aliphatic heterocycles. The topological polar surface area (TPSA) is 72.6 Å². The van der Waals surface area contributed by atoms with Crippen LogP contribution in [0.2, 0.25) is 5.02 Å². The van der Waals surface area contributed by atoms with E-state index in [9.17, 15) is 10.1 Å². The Kier molecular flexibility index (Phi) is 4.59. The van der Waals surface area contributed by atoms with Crippen molar-refractivity contribution in [2.24, 2.45) is 0 Å². The monoisotopic (exact) mass is 357 g/mol. The molecule has 0 atom stereocenters. The van der Waals surface area contributed by atoms with Gasteiger partial charge in [-0.2, -0.15) is 0 Å². The maximum absolute atomic E-state index is 10.7. The van der Waals surface area contributed by atoms with Gasteiger partial charge in [-0.3, -0.25) is 10.1 Å². The number of nitro benzene ring substituents is 1. The molecule has 7 heteroatoms. The van der Waals surface area contributed by atoms with Crippen LogP contribution in [0, 0.1) is 10.1 Å². The first-order valence-corrected chi connectivity index (χ1v) is 6.69. The molecule has 0 bridgehead atoms. The molecular formula is C13H9BrClNO4. The molecule has 104 valence electrons. The number of hydrogen-bond donors (Lipinski definition) is 1. The molecule has 0 radical (unpaired) electrons. The minimum atomic E-state index is -0.557. The molecule has 0 saturated carbocycles. The highest BCUT2D eigenvalue weighted by atomic mass is 79.9. The van der Waals surface area contributed by atoms with Crippen molar-refractivity contribution in [1.82, 2.24) is 0 Å². The second-order valence-corrected chi connectivity index (χ2v) is 5.15. The van der Waals surface area contributed by atoms with Gasteiger partial charge in [0.05, 0.1) is 11.5 Å². The highest BCUT2D eigenvalue weighted by molar-refractivity contribution is 9.10. The number of benzene rings is 2. The number of hydrogen-bond acceptors (Lipinski definition) is 4. The standard InChI is InChI=1S/C13H9BrClNO4/c14-11-5-9(2-1-8(11)7-17)20-10-3-4-13(16(18)19)12(15)6-10/h1-6,17H,7H2. The zero-order valence-electron chi connectivity index (χ0n) is 10.0. The van der Waals surface area contributed by atoms with Gasteiger partial charge in [0, 0.05) is 16.6 Å². The van der Waals surface area contributed by atoms with E-state index in [1.54, 1.807) is 18.2 Å². The fourth-order valence-electron chi connectivity index (χ4n) is 1.56. The van der Waals surface area contributed by atoms with Crippen molar-refractivity contribution in [3.05, 3.63) is 61.6 Å². The molecule has 0 amide bonds. The number of halogens is 2. The Morgan fingerprint density at radius 3 is 2.45 bits per heavy atom. The summed E-state index contributed by atoms with van der Waals surface area (Å²) < 4.78 is 6.27. The van der Waals surface area contributed by atoms with Gasteiger partial charge in [-0.1, -0.05) is 33.6 Å². The maximum atomic E-state index is 10.7. The molecule has 1 N–H and O–H groups in total. The normalized spacial score (nSPS) is 10.3. The van der Waals surface area contributed by atoms with Crippen LogP contribution in [0.4, 0.5) is 5.69 Å². The van der Waals surface area contributed by atoms with E-state index in [0.29, 0.717) is 16.0 Å². The van der Waals surface area contributed by atoms with Crippen LogP contribution in [0.15, 0.2) is 40.9 Å². The fourth-order valence-corrected chi connectivity index (χ4v) is 2.28. The molecule has 0 aliphatic rings. The van der Waals surface area contributed by atoms with E-state index in [1.807, 2.05) is 0 Å². The smallest absolute Gasteiger partial charge is 0.288 e. The van der Waals surface area contributed by atoms with Gasteiger partial charge in [0.25, 0.3) is 5.69 Å². The number of ether oxygens (including phenoxy) is 1. The summed E-state index contributed by atoms with van der Waals surface area (Å²) in [5.41, 5.74) is 0.565. The van der Waals surface area contributed by atoms with E-state index in [2.05, 4.69) is 15.9 Å².